The molecule has 2 aromatic heterocycles. The number of hydrogen-bond donors (Lipinski definition) is 2. The van der Waals surface area contributed by atoms with E-state index >= 15 is 0 Å². The van der Waals surface area contributed by atoms with Gasteiger partial charge in [-0.05, 0) is 83.1 Å². The van der Waals surface area contributed by atoms with E-state index in [4.69, 9.17) is 9.15 Å². The Kier molecular flexibility index (Phi) is 6.91. The average Bonchev–Trinajstić information content (AvgIpc) is 3.69. The molecule has 2 aliphatic heterocycles. The van der Waals surface area contributed by atoms with Crippen molar-refractivity contribution in [1.29, 1.82) is 0 Å². The fourth-order valence-corrected chi connectivity index (χ4v) is 5.71. The third kappa shape index (κ3) is 4.81. The molecule has 0 radical (unpaired) electrons. The minimum atomic E-state index is -0.460. The molecule has 38 heavy (non-hydrogen) atoms. The molecule has 2 fully saturated rings. The molecule has 6 rings (SSSR count). The van der Waals surface area contributed by atoms with Crippen molar-refractivity contribution >= 4 is 39.4 Å². The first-order valence-electron chi connectivity index (χ1n) is 13.6. The Balaban J connectivity index is 1.45. The van der Waals surface area contributed by atoms with Gasteiger partial charge >= 0.3 is 5.97 Å². The molecule has 4 heterocycles. The van der Waals surface area contributed by atoms with E-state index in [0.717, 1.165) is 48.4 Å². The van der Waals surface area contributed by atoms with Crippen molar-refractivity contribution in [3.63, 3.8) is 0 Å². The molecular formula is C30H34N4O4. The highest BCUT2D eigenvalue weighted by Gasteiger charge is 2.24. The van der Waals surface area contributed by atoms with Gasteiger partial charge in [-0.25, -0.2) is 4.79 Å². The zero-order valence-electron chi connectivity index (χ0n) is 21.8. The Bertz CT molecular complexity index is 1430. The van der Waals surface area contributed by atoms with E-state index in [1.54, 1.807) is 13.1 Å². The number of aromatic hydroxyl groups is 1. The van der Waals surface area contributed by atoms with E-state index in [2.05, 4.69) is 20.1 Å². The highest BCUT2D eigenvalue weighted by atomic mass is 16.5. The largest absolute Gasteiger partial charge is 0.507 e. The van der Waals surface area contributed by atoms with Gasteiger partial charge in [0.15, 0.2) is 5.58 Å². The van der Waals surface area contributed by atoms with Gasteiger partial charge in [-0.15, -0.1) is 0 Å². The highest BCUT2D eigenvalue weighted by molar-refractivity contribution is 6.11. The number of rotatable bonds is 8. The van der Waals surface area contributed by atoms with Gasteiger partial charge < -0.3 is 19.6 Å². The summed E-state index contributed by atoms with van der Waals surface area (Å²) >= 11 is 0. The molecule has 0 aliphatic carbocycles. The van der Waals surface area contributed by atoms with Crippen LogP contribution in [0.4, 0.5) is 11.4 Å². The molecule has 2 aromatic carbocycles. The van der Waals surface area contributed by atoms with E-state index in [0.29, 0.717) is 46.8 Å². The zero-order chi connectivity index (χ0) is 26.1. The van der Waals surface area contributed by atoms with Crippen molar-refractivity contribution in [3.05, 3.63) is 59.3 Å². The van der Waals surface area contributed by atoms with E-state index in [-0.39, 0.29) is 6.61 Å². The number of phenolic OH excluding ortho intramolecular Hbond substituents is 1. The number of esters is 1. The molecule has 198 valence electrons. The van der Waals surface area contributed by atoms with Gasteiger partial charge in [0.25, 0.3) is 0 Å². The van der Waals surface area contributed by atoms with Crippen LogP contribution in [-0.4, -0.2) is 58.6 Å². The summed E-state index contributed by atoms with van der Waals surface area (Å²) in [6.45, 7) is 7.57. The maximum absolute atomic E-state index is 13.0. The summed E-state index contributed by atoms with van der Waals surface area (Å²) in [4.78, 5) is 22.3. The fourth-order valence-electron chi connectivity index (χ4n) is 5.71. The summed E-state index contributed by atoms with van der Waals surface area (Å²) in [7, 11) is 0. The summed E-state index contributed by atoms with van der Waals surface area (Å²) in [5, 5.41) is 15.7. The van der Waals surface area contributed by atoms with E-state index < -0.39 is 5.97 Å². The number of anilines is 2. The van der Waals surface area contributed by atoms with Gasteiger partial charge in [0, 0.05) is 41.5 Å². The van der Waals surface area contributed by atoms with Crippen LogP contribution in [0.15, 0.2) is 47.0 Å². The van der Waals surface area contributed by atoms with Gasteiger partial charge in [0.1, 0.15) is 28.1 Å². The molecule has 2 N–H and O–H groups in total. The first-order chi connectivity index (χ1) is 18.6. The molecule has 0 saturated carbocycles. The lowest BCUT2D eigenvalue weighted by Gasteiger charge is -2.22. The molecule has 8 nitrogen and oxygen atoms in total. The number of nitrogens with zero attached hydrogens (tertiary/aromatic N) is 3. The number of aromatic nitrogens is 1. The Morgan fingerprint density at radius 2 is 1.66 bits per heavy atom. The van der Waals surface area contributed by atoms with Crippen LogP contribution in [0.2, 0.25) is 0 Å². The van der Waals surface area contributed by atoms with Crippen LogP contribution in [0, 0.1) is 0 Å². The van der Waals surface area contributed by atoms with Gasteiger partial charge in [0.2, 0.25) is 0 Å². The summed E-state index contributed by atoms with van der Waals surface area (Å²) in [6.07, 6.45) is 6.29. The van der Waals surface area contributed by atoms with E-state index in [1.165, 1.54) is 25.7 Å². The van der Waals surface area contributed by atoms with Crippen LogP contribution in [-0.2, 0) is 17.8 Å². The second-order valence-electron chi connectivity index (χ2n) is 10.3. The van der Waals surface area contributed by atoms with Crippen molar-refractivity contribution in [1.82, 2.24) is 14.8 Å². The number of likely N-dealkylation sites (tertiary alicyclic amines) is 2. The maximum atomic E-state index is 13.0. The van der Waals surface area contributed by atoms with Gasteiger partial charge in [0.05, 0.1) is 6.61 Å². The number of hydrogen-bond acceptors (Lipinski definition) is 8. The normalized spacial score (nSPS) is 16.6. The fraction of sp³-hybridized carbons (Fsp3) is 0.400. The Morgan fingerprint density at radius 3 is 2.29 bits per heavy atom. The third-order valence-electron chi connectivity index (χ3n) is 7.61. The number of benzene rings is 2. The number of pyridine rings is 1. The number of ether oxygens (including phenoxy) is 1. The van der Waals surface area contributed by atoms with Crippen LogP contribution in [0.5, 0.6) is 5.75 Å². The second-order valence-corrected chi connectivity index (χ2v) is 10.3. The predicted molar refractivity (Wildman–Crippen MR) is 148 cm³/mol. The molecule has 0 bridgehead atoms. The zero-order valence-corrected chi connectivity index (χ0v) is 21.8. The molecule has 0 spiro atoms. The molecule has 0 atom stereocenters. The lowest BCUT2D eigenvalue weighted by molar-refractivity contribution is 0.0527. The minimum Gasteiger partial charge on any atom is -0.507 e. The topological polar surface area (TPSA) is 91.1 Å². The number of carbonyl (C=O) groups excluding carboxylic acids is 1. The molecule has 8 heteroatoms. The Morgan fingerprint density at radius 1 is 1.03 bits per heavy atom. The van der Waals surface area contributed by atoms with E-state index in [1.807, 2.05) is 36.4 Å². The van der Waals surface area contributed by atoms with Gasteiger partial charge in [-0.3, -0.25) is 14.8 Å². The number of carbonyl (C=O) groups is 1. The van der Waals surface area contributed by atoms with Crippen LogP contribution in [0.25, 0.3) is 22.1 Å². The highest BCUT2D eigenvalue weighted by Crippen LogP contribution is 2.38. The van der Waals surface area contributed by atoms with Crippen LogP contribution >= 0.6 is 0 Å². The number of para-hydroxylation sites is 1. The summed E-state index contributed by atoms with van der Waals surface area (Å²) in [5.41, 5.74) is 5.30. The third-order valence-corrected chi connectivity index (χ3v) is 7.61. The molecule has 2 saturated heterocycles. The molecule has 2 aliphatic rings. The number of phenols is 1. The number of fused-ring (bicyclic) bond motifs is 3. The van der Waals surface area contributed by atoms with Crippen molar-refractivity contribution < 1.29 is 19.1 Å². The molecule has 4 aromatic rings. The smallest absolute Gasteiger partial charge is 0.341 e. The second kappa shape index (κ2) is 10.6. The monoisotopic (exact) mass is 514 g/mol. The lowest BCUT2D eigenvalue weighted by atomic mass is 10.0. The summed E-state index contributed by atoms with van der Waals surface area (Å²) < 4.78 is 11.6. The number of furan rings is 1. The first kappa shape index (κ1) is 24.7. The first-order valence-corrected chi connectivity index (χ1v) is 13.6. The van der Waals surface area contributed by atoms with Crippen LogP contribution in [0.1, 0.15) is 54.1 Å². The summed E-state index contributed by atoms with van der Waals surface area (Å²) in [6, 6.07) is 11.7. The molecule has 0 unspecified atom stereocenters. The van der Waals surface area contributed by atoms with Crippen molar-refractivity contribution in [2.24, 2.45) is 0 Å². The van der Waals surface area contributed by atoms with Gasteiger partial charge in [-0.1, -0.05) is 12.1 Å². The Labute approximate surface area is 222 Å². The van der Waals surface area contributed by atoms with Crippen LogP contribution in [0.3, 0.4) is 0 Å². The van der Waals surface area contributed by atoms with E-state index in [9.17, 15) is 9.90 Å². The lowest BCUT2D eigenvalue weighted by Crippen LogP contribution is -2.21. The van der Waals surface area contributed by atoms with Crippen molar-refractivity contribution in [2.75, 3.05) is 38.1 Å². The molecular weight excluding hydrogens is 480 g/mol. The predicted octanol–water partition coefficient (Wildman–Crippen LogP) is 5.80. The number of nitrogens with one attached hydrogen (secondary N) is 1. The van der Waals surface area contributed by atoms with Gasteiger partial charge in [-0.2, -0.15) is 0 Å². The minimum absolute atomic E-state index is 0.260. The quantitative estimate of drug-likeness (QED) is 0.225. The van der Waals surface area contributed by atoms with Crippen molar-refractivity contribution in [3.8, 4) is 5.75 Å². The summed E-state index contributed by atoms with van der Waals surface area (Å²) in [5.74, 6) is -0.0956. The standard InChI is InChI=1S/C30H34N4O4/c1-2-37-30(36)24-17-31-26-23-9-3-4-10-25(23)38-29(26)27(24)32-22-15-20(18-33-11-5-6-12-33)28(35)21(16-22)19-34-13-7-8-14-34/h3-4,9-10,15-17,35H,2,5-8,11-14,18-19H2,1H3,(H,31,32). The van der Waals surface area contributed by atoms with Crippen LogP contribution < -0.4 is 5.32 Å². The SMILES string of the molecule is CCOC(=O)c1cnc2c(oc3ccccc32)c1Nc1cc(CN2CCCC2)c(O)c(CN2CCCC2)c1. The Hall–Kier alpha value is -3.62. The maximum Gasteiger partial charge on any atom is 0.341 e. The molecule has 0 amide bonds. The van der Waals surface area contributed by atoms with Crippen molar-refractivity contribution in [2.45, 2.75) is 45.7 Å². The average molecular weight is 515 g/mol.